The fourth-order valence-electron chi connectivity index (χ4n) is 3.68. The van der Waals surface area contributed by atoms with Crippen molar-refractivity contribution in [2.24, 2.45) is 11.8 Å². The lowest BCUT2D eigenvalue weighted by atomic mass is 10.0. The number of nitrogens with zero attached hydrogens (tertiary/aromatic N) is 1. The lowest BCUT2D eigenvalue weighted by Gasteiger charge is -2.31. The molecule has 2 aliphatic rings. The number of piperidine rings is 1. The maximum Gasteiger partial charge on any atom is 0.409 e. The van der Waals surface area contributed by atoms with Crippen LogP contribution < -0.4 is 10.6 Å². The number of hydrogen-bond donors (Lipinski definition) is 2. The minimum absolute atomic E-state index is 0.0447. The molecular weight excluding hydrogens is 358 g/mol. The van der Waals surface area contributed by atoms with Gasteiger partial charge in [0.15, 0.2) is 0 Å². The smallest absolute Gasteiger partial charge is 0.409 e. The van der Waals surface area contributed by atoms with E-state index in [0.717, 1.165) is 17.7 Å². The Morgan fingerprint density at radius 2 is 1.75 bits per heavy atom. The number of likely N-dealkylation sites (tertiary alicyclic amines) is 1. The molecule has 0 spiro atoms. The first-order valence-electron chi connectivity index (χ1n) is 10.1. The van der Waals surface area contributed by atoms with Crippen molar-refractivity contribution in [3.05, 3.63) is 29.8 Å². The van der Waals surface area contributed by atoms with Crippen LogP contribution >= 0.6 is 0 Å². The molecule has 7 heteroatoms. The maximum atomic E-state index is 12.5. The van der Waals surface area contributed by atoms with E-state index in [1.54, 1.807) is 11.8 Å². The van der Waals surface area contributed by atoms with Gasteiger partial charge in [-0.3, -0.25) is 9.59 Å². The molecule has 1 saturated carbocycles. The summed E-state index contributed by atoms with van der Waals surface area (Å²) >= 11 is 0. The second kappa shape index (κ2) is 9.08. The lowest BCUT2D eigenvalue weighted by Crippen LogP contribution is -2.47. The Kier molecular flexibility index (Phi) is 6.54. The maximum absolute atomic E-state index is 12.5. The molecule has 2 unspecified atom stereocenters. The number of hydrogen-bond acceptors (Lipinski definition) is 4. The van der Waals surface area contributed by atoms with Crippen LogP contribution in [0.15, 0.2) is 24.3 Å². The summed E-state index contributed by atoms with van der Waals surface area (Å²) in [4.78, 5) is 38.4. The minimum Gasteiger partial charge on any atom is -0.450 e. The highest BCUT2D eigenvalue weighted by Crippen LogP contribution is 2.40. The van der Waals surface area contributed by atoms with Crippen LogP contribution in [0.1, 0.15) is 38.7 Å². The number of nitrogens with one attached hydrogen (secondary N) is 2. The van der Waals surface area contributed by atoms with E-state index in [-0.39, 0.29) is 35.8 Å². The molecule has 2 N–H and O–H groups in total. The van der Waals surface area contributed by atoms with Gasteiger partial charge in [-0.25, -0.2) is 4.79 Å². The largest absolute Gasteiger partial charge is 0.450 e. The van der Waals surface area contributed by atoms with Crippen LogP contribution in [-0.4, -0.2) is 48.5 Å². The van der Waals surface area contributed by atoms with Crippen molar-refractivity contribution in [2.75, 3.05) is 25.0 Å². The van der Waals surface area contributed by atoms with E-state index in [2.05, 4.69) is 10.6 Å². The first kappa shape index (κ1) is 20.2. The molecule has 1 saturated heterocycles. The minimum atomic E-state index is -0.293. The number of benzene rings is 1. The number of carbonyl (C=O) groups is 3. The molecule has 3 rings (SSSR count). The summed E-state index contributed by atoms with van der Waals surface area (Å²) in [6.07, 6.45) is 2.55. The Morgan fingerprint density at radius 3 is 2.43 bits per heavy atom. The Balaban J connectivity index is 1.43. The van der Waals surface area contributed by atoms with Gasteiger partial charge in [0, 0.05) is 24.8 Å². The fraction of sp³-hybridized carbons (Fsp3) is 0.571. The van der Waals surface area contributed by atoms with Crippen molar-refractivity contribution >= 4 is 23.6 Å². The van der Waals surface area contributed by atoms with Crippen molar-refractivity contribution in [2.45, 2.75) is 45.6 Å². The third kappa shape index (κ3) is 4.82. The van der Waals surface area contributed by atoms with Crippen LogP contribution in [-0.2, 0) is 20.7 Å². The molecule has 28 heavy (non-hydrogen) atoms. The second-order valence-electron chi connectivity index (χ2n) is 7.42. The molecule has 0 bridgehead atoms. The van der Waals surface area contributed by atoms with Gasteiger partial charge in [-0.05, 0) is 44.2 Å². The van der Waals surface area contributed by atoms with Gasteiger partial charge in [0.2, 0.25) is 11.8 Å². The number of rotatable bonds is 6. The van der Waals surface area contributed by atoms with Gasteiger partial charge in [0.1, 0.15) is 0 Å². The number of ether oxygens (including phenoxy) is 1. The third-order valence-corrected chi connectivity index (χ3v) is 5.49. The van der Waals surface area contributed by atoms with Gasteiger partial charge in [0.25, 0.3) is 0 Å². The Bertz CT molecular complexity index is 728. The molecule has 1 aliphatic heterocycles. The zero-order chi connectivity index (χ0) is 20.1. The fourth-order valence-corrected chi connectivity index (χ4v) is 3.68. The molecule has 1 heterocycles. The highest BCUT2D eigenvalue weighted by atomic mass is 16.6. The molecule has 0 radical (unpaired) electrons. The molecule has 2 fully saturated rings. The van der Waals surface area contributed by atoms with Crippen LogP contribution in [0.3, 0.4) is 0 Å². The predicted molar refractivity (Wildman–Crippen MR) is 106 cm³/mol. The number of carbonyl (C=O) groups excluding carboxylic acids is 3. The van der Waals surface area contributed by atoms with Crippen LogP contribution in [0.25, 0.3) is 0 Å². The average Bonchev–Trinajstić information content (AvgIpc) is 3.50. The molecule has 152 valence electrons. The molecule has 1 aliphatic carbocycles. The van der Waals surface area contributed by atoms with Crippen LogP contribution in [0.2, 0.25) is 0 Å². The van der Waals surface area contributed by atoms with Gasteiger partial charge in [-0.1, -0.05) is 25.1 Å². The zero-order valence-electron chi connectivity index (χ0n) is 16.6. The Labute approximate surface area is 165 Å². The highest BCUT2D eigenvalue weighted by molar-refractivity contribution is 6.00. The molecule has 0 aromatic heterocycles. The van der Waals surface area contributed by atoms with E-state index in [9.17, 15) is 14.4 Å². The molecule has 1 aromatic rings. The summed E-state index contributed by atoms with van der Waals surface area (Å²) < 4.78 is 5.01. The summed E-state index contributed by atoms with van der Waals surface area (Å²) in [7, 11) is 0. The Hall–Kier alpha value is -2.57. The number of para-hydroxylation sites is 1. The Morgan fingerprint density at radius 1 is 1.07 bits per heavy atom. The molecule has 2 atom stereocenters. The summed E-state index contributed by atoms with van der Waals surface area (Å²) in [5, 5.41) is 6.01. The van der Waals surface area contributed by atoms with Crippen molar-refractivity contribution < 1.29 is 19.1 Å². The highest BCUT2D eigenvalue weighted by Gasteiger charge is 2.48. The van der Waals surface area contributed by atoms with Gasteiger partial charge in [-0.2, -0.15) is 0 Å². The topological polar surface area (TPSA) is 87.7 Å². The van der Waals surface area contributed by atoms with Crippen molar-refractivity contribution in [1.82, 2.24) is 10.2 Å². The SMILES string of the molecule is CCOC(=O)N1CCC(NC(=O)C2CC2C(=O)Nc2ccccc2CC)CC1. The summed E-state index contributed by atoms with van der Waals surface area (Å²) in [6, 6.07) is 7.79. The molecule has 1 aromatic carbocycles. The summed E-state index contributed by atoms with van der Waals surface area (Å²) in [6.45, 7) is 5.35. The predicted octanol–water partition coefficient (Wildman–Crippen LogP) is 2.56. The summed E-state index contributed by atoms with van der Waals surface area (Å²) in [5.74, 6) is -0.655. The van der Waals surface area contributed by atoms with Crippen molar-refractivity contribution in [1.29, 1.82) is 0 Å². The average molecular weight is 387 g/mol. The van der Waals surface area contributed by atoms with Gasteiger partial charge in [-0.15, -0.1) is 0 Å². The molecule has 7 nitrogen and oxygen atoms in total. The third-order valence-electron chi connectivity index (χ3n) is 5.49. The van der Waals surface area contributed by atoms with Crippen LogP contribution in [0.5, 0.6) is 0 Å². The van der Waals surface area contributed by atoms with Crippen LogP contribution in [0.4, 0.5) is 10.5 Å². The van der Waals surface area contributed by atoms with E-state index in [1.165, 1.54) is 0 Å². The van der Waals surface area contributed by atoms with Gasteiger partial charge >= 0.3 is 6.09 Å². The van der Waals surface area contributed by atoms with E-state index in [4.69, 9.17) is 4.74 Å². The number of anilines is 1. The monoisotopic (exact) mass is 387 g/mol. The number of aryl methyl sites for hydroxylation is 1. The van der Waals surface area contributed by atoms with Crippen LogP contribution in [0, 0.1) is 11.8 Å². The standard InChI is InChI=1S/C21H29N3O4/c1-3-14-7-5-6-8-18(14)23-20(26)17-13-16(17)19(25)22-15-9-11-24(12-10-15)21(27)28-4-2/h5-8,15-17H,3-4,9-13H2,1-2H3,(H,22,25)(H,23,26). The summed E-state index contributed by atoms with van der Waals surface area (Å²) in [5.41, 5.74) is 1.92. The normalized spacial score (nSPS) is 21.7. The molecular formula is C21H29N3O4. The van der Waals surface area contributed by atoms with E-state index < -0.39 is 0 Å². The zero-order valence-corrected chi connectivity index (χ0v) is 16.6. The second-order valence-corrected chi connectivity index (χ2v) is 7.42. The lowest BCUT2D eigenvalue weighted by molar-refractivity contribution is -0.126. The first-order chi connectivity index (χ1) is 13.5. The molecule has 3 amide bonds. The van der Waals surface area contributed by atoms with Gasteiger partial charge < -0.3 is 20.3 Å². The first-order valence-corrected chi connectivity index (χ1v) is 10.1. The van der Waals surface area contributed by atoms with Gasteiger partial charge in [0.05, 0.1) is 18.4 Å². The van der Waals surface area contributed by atoms with E-state index >= 15 is 0 Å². The van der Waals surface area contributed by atoms with Crippen molar-refractivity contribution in [3.63, 3.8) is 0 Å². The van der Waals surface area contributed by atoms with E-state index in [1.807, 2.05) is 31.2 Å². The van der Waals surface area contributed by atoms with E-state index in [0.29, 0.717) is 39.0 Å². The van der Waals surface area contributed by atoms with Crippen molar-refractivity contribution in [3.8, 4) is 0 Å². The quantitative estimate of drug-likeness (QED) is 0.785. The number of amides is 3.